The van der Waals surface area contributed by atoms with Crippen LogP contribution in [0.3, 0.4) is 0 Å². The first kappa shape index (κ1) is 10.9. The van der Waals surface area contributed by atoms with Crippen molar-refractivity contribution in [3.8, 4) is 0 Å². The maximum Gasteiger partial charge on any atom is 0.328 e. The summed E-state index contributed by atoms with van der Waals surface area (Å²) in [5.74, 6) is 0.655. The Kier molecular flexibility index (Phi) is 2.82. The average molecular weight is 224 g/mol. The molecule has 0 atom stereocenters. The molecule has 1 heterocycles. The Balaban J connectivity index is 2.36. The minimum Gasteiger partial charge on any atom is -0.379 e. The number of hydrogen-bond donors (Lipinski definition) is 3. The lowest BCUT2D eigenvalue weighted by atomic mass is 10.3. The maximum absolute atomic E-state index is 11.6. The summed E-state index contributed by atoms with van der Waals surface area (Å²) in [4.78, 5) is 25.2. The van der Waals surface area contributed by atoms with Crippen molar-refractivity contribution in [3.63, 3.8) is 0 Å². The second kappa shape index (κ2) is 4.13. The summed E-state index contributed by atoms with van der Waals surface area (Å²) in [5.41, 5.74) is 5.72. The summed E-state index contributed by atoms with van der Waals surface area (Å²) in [6, 6.07) is 0. The summed E-state index contributed by atoms with van der Waals surface area (Å²) in [5, 5.41) is 3.08. The summed E-state index contributed by atoms with van der Waals surface area (Å²) in [7, 11) is 1.60. The van der Waals surface area contributed by atoms with Crippen LogP contribution in [0.2, 0.25) is 0 Å². The lowest BCUT2D eigenvalue weighted by Crippen LogP contribution is -2.34. The van der Waals surface area contributed by atoms with Crippen molar-refractivity contribution in [2.75, 3.05) is 11.9 Å². The smallest absolute Gasteiger partial charge is 0.328 e. The molecule has 1 saturated carbocycles. The van der Waals surface area contributed by atoms with Gasteiger partial charge in [-0.05, 0) is 18.8 Å². The van der Waals surface area contributed by atoms with E-state index in [0.29, 0.717) is 17.3 Å². The van der Waals surface area contributed by atoms with Crippen molar-refractivity contribution in [2.45, 2.75) is 19.4 Å². The van der Waals surface area contributed by atoms with Gasteiger partial charge in [0.2, 0.25) is 0 Å². The Hall–Kier alpha value is -1.56. The highest BCUT2D eigenvalue weighted by Gasteiger charge is 2.22. The molecular weight excluding hydrogens is 208 g/mol. The number of hydrogen-bond acceptors (Lipinski definition) is 4. The summed E-state index contributed by atoms with van der Waals surface area (Å²) in [6.45, 7) is 0.941. The predicted octanol–water partition coefficient (Wildman–Crippen LogP) is -0.646. The van der Waals surface area contributed by atoms with Gasteiger partial charge in [-0.15, -0.1) is 0 Å². The van der Waals surface area contributed by atoms with E-state index in [1.807, 2.05) is 0 Å². The number of rotatable bonds is 4. The SMILES string of the molecule is Cn1c(CN)c(NCC2CC2)c(=O)[nH]c1=O. The molecule has 6 heteroatoms. The van der Waals surface area contributed by atoms with E-state index in [9.17, 15) is 9.59 Å². The van der Waals surface area contributed by atoms with Crippen molar-refractivity contribution in [1.82, 2.24) is 9.55 Å². The van der Waals surface area contributed by atoms with Crippen molar-refractivity contribution < 1.29 is 0 Å². The number of H-pyrrole nitrogens is 1. The lowest BCUT2D eigenvalue weighted by molar-refractivity contribution is 0.728. The third-order valence-corrected chi connectivity index (χ3v) is 2.90. The van der Waals surface area contributed by atoms with Gasteiger partial charge in [0, 0.05) is 20.1 Å². The summed E-state index contributed by atoms with van der Waals surface area (Å²) < 4.78 is 1.37. The van der Waals surface area contributed by atoms with Gasteiger partial charge >= 0.3 is 5.69 Å². The molecular formula is C10H16N4O2. The van der Waals surface area contributed by atoms with Crippen LogP contribution in [0.4, 0.5) is 5.69 Å². The number of nitrogens with zero attached hydrogens (tertiary/aromatic N) is 1. The first-order valence-electron chi connectivity index (χ1n) is 5.39. The molecule has 16 heavy (non-hydrogen) atoms. The van der Waals surface area contributed by atoms with Gasteiger partial charge in [-0.2, -0.15) is 0 Å². The van der Waals surface area contributed by atoms with Gasteiger partial charge in [-0.1, -0.05) is 0 Å². The quantitative estimate of drug-likeness (QED) is 0.634. The molecule has 0 aromatic carbocycles. The third-order valence-electron chi connectivity index (χ3n) is 2.90. The molecule has 88 valence electrons. The van der Waals surface area contributed by atoms with Crippen LogP contribution in [0, 0.1) is 5.92 Å². The monoisotopic (exact) mass is 224 g/mol. The first-order valence-corrected chi connectivity index (χ1v) is 5.39. The highest BCUT2D eigenvalue weighted by atomic mass is 16.2. The Morgan fingerprint density at radius 3 is 2.75 bits per heavy atom. The fourth-order valence-electron chi connectivity index (χ4n) is 1.65. The van der Waals surface area contributed by atoms with Crippen molar-refractivity contribution in [2.24, 2.45) is 18.7 Å². The van der Waals surface area contributed by atoms with Crippen LogP contribution in [0.1, 0.15) is 18.5 Å². The van der Waals surface area contributed by atoms with E-state index in [2.05, 4.69) is 10.3 Å². The summed E-state index contributed by atoms with van der Waals surface area (Å²) in [6.07, 6.45) is 2.41. The van der Waals surface area contributed by atoms with Gasteiger partial charge < -0.3 is 11.1 Å². The highest BCUT2D eigenvalue weighted by Crippen LogP contribution is 2.28. The molecule has 1 aliphatic carbocycles. The molecule has 1 aromatic heterocycles. The van der Waals surface area contributed by atoms with Crippen LogP contribution in [0.5, 0.6) is 0 Å². The van der Waals surface area contributed by atoms with E-state index in [4.69, 9.17) is 5.73 Å². The predicted molar refractivity (Wildman–Crippen MR) is 61.4 cm³/mol. The van der Waals surface area contributed by atoms with Gasteiger partial charge in [-0.3, -0.25) is 14.3 Å². The molecule has 0 aliphatic heterocycles. The van der Waals surface area contributed by atoms with E-state index < -0.39 is 5.69 Å². The minimum absolute atomic E-state index is 0.169. The van der Waals surface area contributed by atoms with E-state index >= 15 is 0 Å². The first-order chi connectivity index (χ1) is 7.63. The molecule has 1 fully saturated rings. The molecule has 4 N–H and O–H groups in total. The normalized spacial score (nSPS) is 15.1. The fourth-order valence-corrected chi connectivity index (χ4v) is 1.65. The fraction of sp³-hybridized carbons (Fsp3) is 0.600. The largest absolute Gasteiger partial charge is 0.379 e. The number of nitrogens with one attached hydrogen (secondary N) is 2. The standard InChI is InChI=1S/C10H16N4O2/c1-14-7(4-11)8(9(15)13-10(14)16)12-5-6-2-3-6/h6,12H,2-5,11H2,1H3,(H,13,15,16). The van der Waals surface area contributed by atoms with E-state index in [1.54, 1.807) is 7.05 Å². The zero-order valence-corrected chi connectivity index (χ0v) is 9.25. The molecule has 0 unspecified atom stereocenters. The van der Waals surface area contributed by atoms with Gasteiger partial charge in [0.25, 0.3) is 5.56 Å². The second-order valence-electron chi connectivity index (χ2n) is 4.17. The van der Waals surface area contributed by atoms with E-state index in [0.717, 1.165) is 6.54 Å². The topological polar surface area (TPSA) is 92.9 Å². The number of anilines is 1. The molecule has 6 nitrogen and oxygen atoms in total. The van der Waals surface area contributed by atoms with Gasteiger partial charge in [-0.25, -0.2) is 4.79 Å². The van der Waals surface area contributed by atoms with Crippen LogP contribution in [0.25, 0.3) is 0 Å². The van der Waals surface area contributed by atoms with Gasteiger partial charge in [0.15, 0.2) is 0 Å². The molecule has 0 radical (unpaired) electrons. The molecule has 1 aromatic rings. The number of aromatic nitrogens is 2. The Labute approximate surface area is 92.5 Å². The molecule has 0 amide bonds. The van der Waals surface area contributed by atoms with Crippen molar-refractivity contribution in [1.29, 1.82) is 0 Å². The summed E-state index contributed by atoms with van der Waals surface area (Å²) >= 11 is 0. The third kappa shape index (κ3) is 2.01. The van der Waals surface area contributed by atoms with Gasteiger partial charge in [0.05, 0.1) is 5.69 Å². The van der Waals surface area contributed by atoms with E-state index in [-0.39, 0.29) is 12.1 Å². The zero-order valence-electron chi connectivity index (χ0n) is 9.25. The second-order valence-corrected chi connectivity index (χ2v) is 4.17. The van der Waals surface area contributed by atoms with Crippen molar-refractivity contribution >= 4 is 5.69 Å². The zero-order chi connectivity index (χ0) is 11.7. The average Bonchev–Trinajstić information content (AvgIpc) is 3.05. The van der Waals surface area contributed by atoms with Gasteiger partial charge in [0.1, 0.15) is 5.69 Å². The molecule has 0 spiro atoms. The number of aromatic amines is 1. The van der Waals surface area contributed by atoms with E-state index in [1.165, 1.54) is 17.4 Å². The van der Waals surface area contributed by atoms with Crippen LogP contribution in [-0.2, 0) is 13.6 Å². The Morgan fingerprint density at radius 2 is 2.19 bits per heavy atom. The van der Waals surface area contributed by atoms with Crippen molar-refractivity contribution in [3.05, 3.63) is 26.5 Å². The Bertz CT molecular complexity index is 499. The van der Waals surface area contributed by atoms with Crippen LogP contribution in [-0.4, -0.2) is 16.1 Å². The van der Waals surface area contributed by atoms with Crippen LogP contribution in [0.15, 0.2) is 9.59 Å². The van der Waals surface area contributed by atoms with Crippen LogP contribution < -0.4 is 22.3 Å². The molecule has 1 aliphatic rings. The lowest BCUT2D eigenvalue weighted by Gasteiger charge is -2.12. The molecule has 2 rings (SSSR count). The highest BCUT2D eigenvalue weighted by molar-refractivity contribution is 5.46. The Morgan fingerprint density at radius 1 is 1.50 bits per heavy atom. The maximum atomic E-state index is 11.6. The molecule has 0 saturated heterocycles. The van der Waals surface area contributed by atoms with Crippen LogP contribution >= 0.6 is 0 Å². The minimum atomic E-state index is -0.428. The molecule has 0 bridgehead atoms. The number of nitrogens with two attached hydrogens (primary N) is 1.